The Morgan fingerprint density at radius 2 is 0.543 bits per heavy atom. The van der Waals surface area contributed by atoms with Crippen molar-refractivity contribution in [2.45, 2.75) is 242 Å². The van der Waals surface area contributed by atoms with Crippen LogP contribution in [0.4, 0.5) is 0 Å². The van der Waals surface area contributed by atoms with E-state index >= 15 is 0 Å². The van der Waals surface area contributed by atoms with Crippen LogP contribution in [0.1, 0.15) is 239 Å². The Balaban J connectivity index is 2.19. The summed E-state index contributed by atoms with van der Waals surface area (Å²) in [6.07, 6.45) is 17.7. The summed E-state index contributed by atoms with van der Waals surface area (Å²) in [6.45, 7) is 50.9. The third-order valence-electron chi connectivity index (χ3n) is 16.6. The predicted molar refractivity (Wildman–Crippen MR) is 309 cm³/mol. The lowest BCUT2D eigenvalue weighted by atomic mass is 9.66. The van der Waals surface area contributed by atoms with E-state index < -0.39 is 8.60 Å². The van der Waals surface area contributed by atoms with Crippen molar-refractivity contribution in [1.29, 1.82) is 0 Å². The van der Waals surface area contributed by atoms with Crippen LogP contribution < -0.4 is 13.6 Å². The molecule has 6 atom stereocenters. The van der Waals surface area contributed by atoms with E-state index in [0.717, 1.165) is 36.5 Å². The maximum atomic E-state index is 7.29. The largest absolute Gasteiger partial charge is 0.530 e. The molecule has 0 bridgehead atoms. The zero-order chi connectivity index (χ0) is 52.7. The Labute approximate surface area is 436 Å². The molecule has 0 aliphatic rings. The lowest BCUT2D eigenvalue weighted by Gasteiger charge is -2.39. The highest BCUT2D eigenvalue weighted by Gasteiger charge is 2.37. The number of unbranched alkanes of at least 4 members (excludes halogenated alkanes) is 3. The number of benzene rings is 3. The molecule has 398 valence electrons. The maximum Gasteiger partial charge on any atom is 0.530 e. The minimum Gasteiger partial charge on any atom is -0.408 e. The van der Waals surface area contributed by atoms with Crippen LogP contribution in [0.2, 0.25) is 0 Å². The fraction of sp³-hybridized carbons (Fsp3) is 0.727. The summed E-state index contributed by atoms with van der Waals surface area (Å²) in [6, 6.07) is 26.3. The van der Waals surface area contributed by atoms with Crippen LogP contribution in [0.15, 0.2) is 72.8 Å². The van der Waals surface area contributed by atoms with Gasteiger partial charge in [0.05, 0.1) is 0 Å². The Morgan fingerprint density at radius 1 is 0.329 bits per heavy atom. The smallest absolute Gasteiger partial charge is 0.408 e. The zero-order valence-corrected chi connectivity index (χ0v) is 50.6. The van der Waals surface area contributed by atoms with Gasteiger partial charge in [0, 0.05) is 0 Å². The Bertz CT molecular complexity index is 1700. The van der Waals surface area contributed by atoms with Crippen LogP contribution >= 0.6 is 8.60 Å². The Hall–Kier alpha value is -2.51. The zero-order valence-electron chi connectivity index (χ0n) is 49.7. The molecular weight excluding hydrogens is 872 g/mol. The predicted octanol–water partition coefficient (Wildman–Crippen LogP) is 21.8. The van der Waals surface area contributed by atoms with Gasteiger partial charge < -0.3 is 13.6 Å². The average molecular weight is 984 g/mol. The number of hydrogen-bond acceptors (Lipinski definition) is 3. The van der Waals surface area contributed by atoms with Crippen LogP contribution in [0.3, 0.4) is 0 Å². The molecule has 3 aromatic carbocycles. The first-order chi connectivity index (χ1) is 32.4. The first-order valence-electron chi connectivity index (χ1n) is 28.5. The van der Waals surface area contributed by atoms with Gasteiger partial charge in [-0.15, -0.1) is 0 Å². The Morgan fingerprint density at radius 3 is 0.743 bits per heavy atom. The highest BCUT2D eigenvalue weighted by atomic mass is 31.2. The molecule has 0 radical (unpaired) electrons. The van der Waals surface area contributed by atoms with Crippen molar-refractivity contribution in [3.63, 3.8) is 0 Å². The van der Waals surface area contributed by atoms with Gasteiger partial charge in [0.25, 0.3) is 0 Å². The molecule has 0 saturated carbocycles. The summed E-state index contributed by atoms with van der Waals surface area (Å²) in [5, 5.41) is 0. The summed E-state index contributed by atoms with van der Waals surface area (Å²) in [7, 11) is -1.93. The van der Waals surface area contributed by atoms with Crippen molar-refractivity contribution in [2.75, 3.05) is 0 Å². The second-order valence-corrected chi connectivity index (χ2v) is 29.4. The molecule has 0 N–H and O–H groups in total. The van der Waals surface area contributed by atoms with Gasteiger partial charge in [0.1, 0.15) is 17.2 Å². The average Bonchev–Trinajstić information content (AvgIpc) is 3.23. The number of rotatable bonds is 27. The monoisotopic (exact) mass is 983 g/mol. The summed E-state index contributed by atoms with van der Waals surface area (Å²) in [5.74, 6) is 5.95. The molecule has 0 heterocycles. The number of hydrogen-bond donors (Lipinski definition) is 0. The standard InChI is InChI=1S/C66H111O3P/c1-22-25-37-52(61(4,5)6)46-55(64(13,14)15)43-49-34-28-31-40-58(49)67-70(68-59-41-32-29-35-50(59)44-56(65(16,17)18)47-53(38-26-23-2)62(7,8)9)69-60-42-33-30-36-51(60)45-57(66(19,20)21)48-54(39-27-24-3)63(10,11)12/h28-36,40-42,52-57H,22-27,37-39,43-48H2,1-21H3. The fourth-order valence-corrected chi connectivity index (χ4v) is 11.8. The van der Waals surface area contributed by atoms with E-state index in [1.165, 1.54) is 93.7 Å². The van der Waals surface area contributed by atoms with Crippen LogP contribution in [-0.2, 0) is 19.3 Å². The Kier molecular flexibility index (Phi) is 24.0. The molecule has 0 aliphatic heterocycles. The van der Waals surface area contributed by atoms with Gasteiger partial charge in [0.2, 0.25) is 0 Å². The maximum absolute atomic E-state index is 7.29. The molecule has 0 fully saturated rings. The fourth-order valence-electron chi connectivity index (χ4n) is 10.7. The molecule has 6 unspecified atom stereocenters. The first-order valence-corrected chi connectivity index (χ1v) is 29.6. The van der Waals surface area contributed by atoms with Crippen molar-refractivity contribution >= 4 is 8.60 Å². The van der Waals surface area contributed by atoms with Gasteiger partial charge in [-0.2, -0.15) is 0 Å². The van der Waals surface area contributed by atoms with Crippen molar-refractivity contribution in [3.05, 3.63) is 89.5 Å². The molecule has 3 rings (SSSR count). The summed E-state index contributed by atoms with van der Waals surface area (Å²) < 4.78 is 21.9. The van der Waals surface area contributed by atoms with Gasteiger partial charge in [-0.3, -0.25) is 0 Å². The van der Waals surface area contributed by atoms with Crippen LogP contribution in [0, 0.1) is 68.0 Å². The minimum absolute atomic E-state index is 0.122. The molecular formula is C66H111O3P. The molecule has 0 spiro atoms. The van der Waals surface area contributed by atoms with Gasteiger partial charge in [-0.05, 0) is 161 Å². The topological polar surface area (TPSA) is 27.7 Å². The second-order valence-electron chi connectivity index (χ2n) is 28.4. The summed E-state index contributed by atoms with van der Waals surface area (Å²) in [4.78, 5) is 0. The van der Waals surface area contributed by atoms with Crippen LogP contribution in [0.25, 0.3) is 0 Å². The number of para-hydroxylation sites is 3. The molecule has 0 aromatic heterocycles. The van der Waals surface area contributed by atoms with Gasteiger partial charge in [-0.25, -0.2) is 0 Å². The molecule has 3 aromatic rings. The molecule has 0 amide bonds. The van der Waals surface area contributed by atoms with Crippen LogP contribution in [0.5, 0.6) is 17.2 Å². The molecule has 0 aliphatic carbocycles. The van der Waals surface area contributed by atoms with Gasteiger partial charge in [-0.1, -0.05) is 239 Å². The summed E-state index contributed by atoms with van der Waals surface area (Å²) >= 11 is 0. The SMILES string of the molecule is CCCCC(CC(Cc1ccccc1OP(Oc1ccccc1CC(CC(CCCC)C(C)(C)C)C(C)(C)C)Oc1ccccc1CC(CC(CCCC)C(C)(C)C)C(C)(C)C)C(C)(C)C)C(C)(C)C. The van der Waals surface area contributed by atoms with E-state index in [9.17, 15) is 0 Å². The van der Waals surface area contributed by atoms with E-state index in [4.69, 9.17) is 13.6 Å². The highest BCUT2D eigenvalue weighted by Crippen LogP contribution is 2.50. The van der Waals surface area contributed by atoms with E-state index in [1.807, 2.05) is 0 Å². The third-order valence-corrected chi connectivity index (χ3v) is 17.6. The molecule has 0 saturated heterocycles. The lowest BCUT2D eigenvalue weighted by molar-refractivity contribution is 0.124. The second kappa shape index (κ2) is 27.1. The van der Waals surface area contributed by atoms with E-state index in [2.05, 4.69) is 218 Å². The molecule has 4 heteroatoms. The first kappa shape index (κ1) is 61.8. The molecule has 3 nitrogen and oxygen atoms in total. The van der Waals surface area contributed by atoms with E-state index in [1.54, 1.807) is 0 Å². The minimum atomic E-state index is -1.93. The lowest BCUT2D eigenvalue weighted by Crippen LogP contribution is -2.30. The van der Waals surface area contributed by atoms with Crippen molar-refractivity contribution in [1.82, 2.24) is 0 Å². The van der Waals surface area contributed by atoms with Crippen molar-refractivity contribution < 1.29 is 13.6 Å². The van der Waals surface area contributed by atoms with Gasteiger partial charge in [0.15, 0.2) is 0 Å². The van der Waals surface area contributed by atoms with Gasteiger partial charge >= 0.3 is 8.60 Å². The summed E-state index contributed by atoms with van der Waals surface area (Å²) in [5.41, 5.74) is 4.79. The van der Waals surface area contributed by atoms with E-state index in [0.29, 0.717) is 35.5 Å². The van der Waals surface area contributed by atoms with E-state index in [-0.39, 0.29) is 32.5 Å². The van der Waals surface area contributed by atoms with Crippen LogP contribution in [-0.4, -0.2) is 0 Å². The quantitative estimate of drug-likeness (QED) is 0.0713. The molecule has 70 heavy (non-hydrogen) atoms. The van der Waals surface area contributed by atoms with Crippen molar-refractivity contribution in [2.24, 2.45) is 68.0 Å². The third kappa shape index (κ3) is 20.8. The normalized spacial score (nSPS) is 16.2. The highest BCUT2D eigenvalue weighted by molar-refractivity contribution is 7.43. The van der Waals surface area contributed by atoms with Crippen molar-refractivity contribution in [3.8, 4) is 17.2 Å².